The molecule has 0 radical (unpaired) electrons. The Bertz CT molecular complexity index is 860. The summed E-state index contributed by atoms with van der Waals surface area (Å²) in [4.78, 5) is 0. The monoisotopic (exact) mass is 385 g/mol. The van der Waals surface area contributed by atoms with Crippen LogP contribution in [-0.4, -0.2) is 45.8 Å². The van der Waals surface area contributed by atoms with Crippen molar-refractivity contribution in [2.75, 3.05) is 6.61 Å². The summed E-state index contributed by atoms with van der Waals surface area (Å²) in [5, 5.41) is 23.1. The molecule has 8 heteroatoms. The fourth-order valence-electron chi connectivity index (χ4n) is 3.70. The molecule has 2 aliphatic heterocycles. The first kappa shape index (κ1) is 19.1. The van der Waals surface area contributed by atoms with Gasteiger partial charge in [-0.1, -0.05) is 30.3 Å². The van der Waals surface area contributed by atoms with E-state index in [2.05, 4.69) is 11.2 Å². The molecule has 2 saturated heterocycles. The van der Waals surface area contributed by atoms with Gasteiger partial charge >= 0.3 is 0 Å². The summed E-state index contributed by atoms with van der Waals surface area (Å²) in [6.07, 6.45) is -0.660. The van der Waals surface area contributed by atoms with Crippen molar-refractivity contribution >= 4 is 0 Å². The van der Waals surface area contributed by atoms with Crippen LogP contribution in [0.15, 0.2) is 36.5 Å². The molecular weight excluding hydrogens is 362 g/mol. The van der Waals surface area contributed by atoms with Gasteiger partial charge in [-0.2, -0.15) is 10.4 Å². The number of benzene rings is 1. The second-order valence-corrected chi connectivity index (χ2v) is 7.29. The van der Waals surface area contributed by atoms with E-state index in [1.165, 1.54) is 6.20 Å². The van der Waals surface area contributed by atoms with E-state index in [1.807, 2.05) is 44.2 Å². The highest BCUT2D eigenvalue weighted by molar-refractivity contribution is 5.34. The molecule has 28 heavy (non-hydrogen) atoms. The number of nitriles is 1. The van der Waals surface area contributed by atoms with Gasteiger partial charge < -0.3 is 24.1 Å². The maximum atomic E-state index is 9.52. The molecule has 1 aromatic carbocycles. The van der Waals surface area contributed by atoms with E-state index in [4.69, 9.17) is 18.9 Å². The lowest BCUT2D eigenvalue weighted by Gasteiger charge is -2.26. The molecule has 4 atom stereocenters. The normalized spacial score (nSPS) is 28.2. The van der Waals surface area contributed by atoms with Crippen LogP contribution in [0.25, 0.3) is 0 Å². The minimum absolute atomic E-state index is 0.102. The fourth-order valence-corrected chi connectivity index (χ4v) is 3.70. The predicted octanol–water partition coefficient (Wildman–Crippen LogP) is 1.88. The zero-order valence-electron chi connectivity index (χ0n) is 15.8. The molecule has 0 saturated carbocycles. The van der Waals surface area contributed by atoms with E-state index in [1.54, 1.807) is 4.68 Å². The van der Waals surface area contributed by atoms with Crippen LogP contribution in [-0.2, 0) is 32.1 Å². The van der Waals surface area contributed by atoms with Crippen molar-refractivity contribution in [1.29, 1.82) is 5.26 Å². The quantitative estimate of drug-likeness (QED) is 0.810. The Kier molecular flexibility index (Phi) is 5.19. The van der Waals surface area contributed by atoms with E-state index in [0.29, 0.717) is 17.9 Å². The number of aromatic nitrogens is 2. The molecule has 0 spiro atoms. The second kappa shape index (κ2) is 7.62. The number of fused-ring (bicyclic) bond motifs is 1. The van der Waals surface area contributed by atoms with Crippen LogP contribution >= 0.6 is 0 Å². The number of hydrogen-bond acceptors (Lipinski definition) is 7. The lowest BCUT2D eigenvalue weighted by atomic mass is 10.0. The molecule has 2 aromatic rings. The molecule has 0 amide bonds. The van der Waals surface area contributed by atoms with Gasteiger partial charge in [0.05, 0.1) is 37.2 Å². The van der Waals surface area contributed by atoms with E-state index >= 15 is 0 Å². The molecule has 1 aromatic heterocycles. The first-order valence-electron chi connectivity index (χ1n) is 9.25. The first-order valence-corrected chi connectivity index (χ1v) is 9.25. The van der Waals surface area contributed by atoms with E-state index < -0.39 is 30.4 Å². The molecule has 8 nitrogen and oxygen atoms in total. The van der Waals surface area contributed by atoms with Gasteiger partial charge in [-0.25, -0.2) is 0 Å². The number of aliphatic hydroxyl groups excluding tert-OH is 1. The van der Waals surface area contributed by atoms with Crippen LogP contribution in [0.2, 0.25) is 0 Å². The second-order valence-electron chi connectivity index (χ2n) is 7.29. The highest BCUT2D eigenvalue weighted by Gasteiger charge is 2.56. The average molecular weight is 385 g/mol. The van der Waals surface area contributed by atoms with Gasteiger partial charge in [0.2, 0.25) is 0 Å². The van der Waals surface area contributed by atoms with Crippen LogP contribution in [0, 0.1) is 11.3 Å². The minimum Gasteiger partial charge on any atom is -0.394 e. The summed E-state index contributed by atoms with van der Waals surface area (Å²) >= 11 is 0. The van der Waals surface area contributed by atoms with Crippen LogP contribution in [0.3, 0.4) is 0 Å². The van der Waals surface area contributed by atoms with Crippen LogP contribution in [0.5, 0.6) is 0 Å². The Morgan fingerprint density at radius 2 is 2.07 bits per heavy atom. The molecule has 1 N–H and O–H groups in total. The zero-order chi connectivity index (χ0) is 19.7. The molecule has 148 valence electrons. The molecular formula is C20H23N3O5. The Balaban J connectivity index is 1.64. The van der Waals surface area contributed by atoms with Gasteiger partial charge in [0, 0.05) is 0 Å². The summed E-state index contributed by atoms with van der Waals surface area (Å²) in [5.74, 6) is -0.780. The Morgan fingerprint density at radius 1 is 1.29 bits per heavy atom. The summed E-state index contributed by atoms with van der Waals surface area (Å²) in [7, 11) is 0. The third-order valence-electron chi connectivity index (χ3n) is 4.86. The molecule has 0 bridgehead atoms. The predicted molar refractivity (Wildman–Crippen MR) is 96.7 cm³/mol. The van der Waals surface area contributed by atoms with E-state index in [0.717, 1.165) is 5.56 Å². The molecule has 2 aliphatic rings. The first-order chi connectivity index (χ1) is 13.5. The van der Waals surface area contributed by atoms with Gasteiger partial charge in [-0.3, -0.25) is 4.68 Å². The van der Waals surface area contributed by atoms with Gasteiger partial charge in [-0.05, 0) is 19.4 Å². The van der Waals surface area contributed by atoms with Gasteiger partial charge in [-0.15, -0.1) is 0 Å². The fraction of sp³-hybridized carbons (Fsp3) is 0.500. The average Bonchev–Trinajstić information content (AvgIpc) is 3.30. The number of rotatable bonds is 6. The molecule has 4 rings (SSSR count). The van der Waals surface area contributed by atoms with Crippen molar-refractivity contribution in [2.24, 2.45) is 0 Å². The maximum Gasteiger partial charge on any atom is 0.190 e. The number of nitrogens with zero attached hydrogens (tertiary/aromatic N) is 3. The number of hydrogen-bond donors (Lipinski definition) is 1. The zero-order valence-corrected chi connectivity index (χ0v) is 15.8. The smallest absolute Gasteiger partial charge is 0.190 e. The number of aliphatic hydroxyl groups is 1. The largest absolute Gasteiger partial charge is 0.394 e. The summed E-state index contributed by atoms with van der Waals surface area (Å²) < 4.78 is 25.8. The molecule has 0 unspecified atom stereocenters. The van der Waals surface area contributed by atoms with Gasteiger partial charge in [0.25, 0.3) is 0 Å². The van der Waals surface area contributed by atoms with Gasteiger partial charge in [0.1, 0.15) is 24.4 Å². The minimum atomic E-state index is -0.780. The lowest BCUT2D eigenvalue weighted by Crippen LogP contribution is -2.34. The van der Waals surface area contributed by atoms with Crippen LogP contribution in [0.1, 0.15) is 36.8 Å². The van der Waals surface area contributed by atoms with Crippen LogP contribution in [0.4, 0.5) is 0 Å². The van der Waals surface area contributed by atoms with Crippen molar-refractivity contribution < 1.29 is 24.1 Å². The van der Waals surface area contributed by atoms with Crippen molar-refractivity contribution in [3.63, 3.8) is 0 Å². The van der Waals surface area contributed by atoms with E-state index in [9.17, 15) is 10.4 Å². The van der Waals surface area contributed by atoms with Crippen molar-refractivity contribution in [1.82, 2.24) is 9.78 Å². The maximum absolute atomic E-state index is 9.52. The highest BCUT2D eigenvalue weighted by atomic mass is 16.8. The van der Waals surface area contributed by atoms with E-state index in [-0.39, 0.29) is 13.2 Å². The Hall–Kier alpha value is -2.28. The van der Waals surface area contributed by atoms with Crippen molar-refractivity contribution in [3.8, 4) is 6.07 Å². The van der Waals surface area contributed by atoms with Crippen molar-refractivity contribution in [3.05, 3.63) is 53.3 Å². The Morgan fingerprint density at radius 3 is 2.79 bits per heavy atom. The van der Waals surface area contributed by atoms with Gasteiger partial charge in [0.15, 0.2) is 12.1 Å². The highest BCUT2D eigenvalue weighted by Crippen LogP contribution is 2.45. The molecule has 2 fully saturated rings. The molecule has 3 heterocycles. The van der Waals surface area contributed by atoms with Crippen molar-refractivity contribution in [2.45, 2.75) is 57.4 Å². The Labute approximate surface area is 163 Å². The summed E-state index contributed by atoms with van der Waals surface area (Å²) in [6.45, 7) is 4.18. The summed E-state index contributed by atoms with van der Waals surface area (Å²) in [5.41, 5.74) is 1.97. The standard InChI is InChI=1S/C20H23N3O5/c1-20(2)27-18-17(25-12-13-6-4-3-5-7-13)16(26-19(18)28-20)15-14(10-21)11-22-23(15)8-9-24/h3-7,11,16-19,24H,8-9,12H2,1-2H3/t16-,17+,18+,19+/m1/s1. The number of ether oxygens (including phenoxy) is 4. The summed E-state index contributed by atoms with van der Waals surface area (Å²) in [6, 6.07) is 12.0. The topological polar surface area (TPSA) is 98.8 Å². The SMILES string of the molecule is CC1(C)O[C@@H]2O[C@H](c3c(C#N)cnn3CCO)[C@H](OCc3ccccc3)[C@@H]2O1. The third kappa shape index (κ3) is 3.55. The van der Waals surface area contributed by atoms with Crippen LogP contribution < -0.4 is 0 Å². The third-order valence-corrected chi connectivity index (χ3v) is 4.86. The molecule has 0 aliphatic carbocycles. The lowest BCUT2D eigenvalue weighted by molar-refractivity contribution is -0.221.